The van der Waals surface area contributed by atoms with Crippen LogP contribution < -0.4 is 10.1 Å². The summed E-state index contributed by atoms with van der Waals surface area (Å²) in [6.07, 6.45) is 7.39. The van der Waals surface area contributed by atoms with Crippen LogP contribution in [0.3, 0.4) is 0 Å². The minimum Gasteiger partial charge on any atom is -0.508 e. The minimum absolute atomic E-state index is 0.132. The zero-order valence-electron chi connectivity index (χ0n) is 22.5. The Bertz CT molecular complexity index is 1270. The third-order valence-electron chi connectivity index (χ3n) is 7.72. The van der Waals surface area contributed by atoms with E-state index in [0.29, 0.717) is 44.5 Å². The van der Waals surface area contributed by atoms with E-state index in [2.05, 4.69) is 16.8 Å². The number of fused-ring (bicyclic) bond motifs is 1. The summed E-state index contributed by atoms with van der Waals surface area (Å²) in [7, 11) is 0. The number of benzene rings is 2. The predicted octanol–water partition coefficient (Wildman–Crippen LogP) is 4.13. The molecule has 39 heavy (non-hydrogen) atoms. The normalized spacial score (nSPS) is 24.9. The molecule has 1 heterocycles. The maximum Gasteiger partial charge on any atom is 0.308 e. The van der Waals surface area contributed by atoms with Gasteiger partial charge in [0.25, 0.3) is 0 Å². The topological polar surface area (TPSA) is 105 Å². The van der Waals surface area contributed by atoms with Gasteiger partial charge in [0.2, 0.25) is 5.91 Å². The fraction of sp³-hybridized carbons (Fsp3) is 0.387. The van der Waals surface area contributed by atoms with Gasteiger partial charge in [-0.05, 0) is 73.7 Å². The highest BCUT2D eigenvalue weighted by atomic mass is 16.6. The van der Waals surface area contributed by atoms with Gasteiger partial charge in [-0.15, -0.1) is 6.58 Å². The number of hydrogen-bond donors (Lipinski definition) is 2. The Labute approximate surface area is 229 Å². The highest BCUT2D eigenvalue weighted by molar-refractivity contribution is 5.92. The fourth-order valence-electron chi connectivity index (χ4n) is 6.22. The number of nitrogens with one attached hydrogen (secondary N) is 1. The molecule has 1 saturated carbocycles. The first-order chi connectivity index (χ1) is 18.6. The zero-order chi connectivity index (χ0) is 28.0. The number of esters is 2. The van der Waals surface area contributed by atoms with Crippen LogP contribution in [-0.2, 0) is 24.5 Å². The van der Waals surface area contributed by atoms with Crippen molar-refractivity contribution in [3.63, 3.8) is 0 Å². The van der Waals surface area contributed by atoms with Gasteiger partial charge in [-0.1, -0.05) is 30.3 Å². The molecule has 2 aliphatic rings. The maximum atomic E-state index is 12.9. The number of carbonyl (C=O) groups is 3. The van der Waals surface area contributed by atoms with E-state index in [1.54, 1.807) is 36.4 Å². The second-order valence-corrected chi connectivity index (χ2v) is 10.4. The fourth-order valence-corrected chi connectivity index (χ4v) is 6.22. The van der Waals surface area contributed by atoms with Crippen LogP contribution >= 0.6 is 0 Å². The summed E-state index contributed by atoms with van der Waals surface area (Å²) < 4.78 is 11.6. The Hall–Kier alpha value is -3.91. The lowest BCUT2D eigenvalue weighted by Crippen LogP contribution is -2.68. The average Bonchev–Trinajstić information content (AvgIpc) is 2.87. The molecule has 2 aromatic rings. The molecule has 206 valence electrons. The van der Waals surface area contributed by atoms with Crippen molar-refractivity contribution in [1.82, 2.24) is 10.2 Å². The van der Waals surface area contributed by atoms with Gasteiger partial charge < -0.3 is 19.9 Å². The highest BCUT2D eigenvalue weighted by Crippen LogP contribution is 2.54. The van der Waals surface area contributed by atoms with Crippen molar-refractivity contribution in [3.8, 4) is 11.5 Å². The molecule has 8 nitrogen and oxygen atoms in total. The van der Waals surface area contributed by atoms with Crippen molar-refractivity contribution in [2.24, 2.45) is 0 Å². The molecule has 0 aromatic heterocycles. The molecule has 0 spiro atoms. The van der Waals surface area contributed by atoms with Crippen LogP contribution in [0.15, 0.2) is 67.3 Å². The van der Waals surface area contributed by atoms with E-state index < -0.39 is 17.0 Å². The van der Waals surface area contributed by atoms with Crippen molar-refractivity contribution in [1.29, 1.82) is 0 Å². The molecular weight excluding hydrogens is 496 g/mol. The molecular formula is C31H36N2O6. The van der Waals surface area contributed by atoms with Crippen molar-refractivity contribution in [3.05, 3.63) is 78.4 Å². The zero-order valence-corrected chi connectivity index (χ0v) is 22.5. The molecule has 1 aliphatic carbocycles. The van der Waals surface area contributed by atoms with Crippen molar-refractivity contribution in [2.75, 3.05) is 19.6 Å². The number of rotatable bonds is 8. The summed E-state index contributed by atoms with van der Waals surface area (Å²) in [5.41, 5.74) is 0.191. The smallest absolute Gasteiger partial charge is 0.308 e. The molecule has 2 fully saturated rings. The van der Waals surface area contributed by atoms with E-state index in [4.69, 9.17) is 9.47 Å². The van der Waals surface area contributed by atoms with E-state index in [9.17, 15) is 19.5 Å². The van der Waals surface area contributed by atoms with Gasteiger partial charge in [0.15, 0.2) is 0 Å². The summed E-state index contributed by atoms with van der Waals surface area (Å²) in [6, 6.07) is 13.9. The summed E-state index contributed by atoms with van der Waals surface area (Å²) in [5.74, 6) is -0.444. The van der Waals surface area contributed by atoms with E-state index in [0.717, 1.165) is 17.7 Å². The highest BCUT2D eigenvalue weighted by Gasteiger charge is 2.60. The standard InChI is InChI=1S/C31H36N2O6/c1-4-16-33-17-15-30(25-8-6-10-28(19-25)38-22(2)34)20-26(13-14-31(30,21-33)39-23(3)35)32-29(37)12-11-24-7-5-9-27(36)18-24/h4-12,18-19,26,36H,1,13-17,20-21H2,2-3H3,(H,32,37)/t26-,30-,31-/m0/s1. The lowest BCUT2D eigenvalue weighted by molar-refractivity contribution is -0.186. The predicted molar refractivity (Wildman–Crippen MR) is 148 cm³/mol. The number of ether oxygens (including phenoxy) is 2. The van der Waals surface area contributed by atoms with Crippen LogP contribution in [0, 0.1) is 0 Å². The molecule has 1 saturated heterocycles. The minimum atomic E-state index is -0.826. The van der Waals surface area contributed by atoms with Crippen LogP contribution in [-0.4, -0.2) is 59.1 Å². The molecule has 0 radical (unpaired) electrons. The van der Waals surface area contributed by atoms with Crippen LogP contribution in [0.4, 0.5) is 0 Å². The molecule has 2 aromatic carbocycles. The van der Waals surface area contributed by atoms with Gasteiger partial charge in [-0.3, -0.25) is 19.3 Å². The lowest BCUT2D eigenvalue weighted by atomic mass is 9.55. The summed E-state index contributed by atoms with van der Waals surface area (Å²) in [5, 5.41) is 12.8. The average molecular weight is 533 g/mol. The van der Waals surface area contributed by atoms with Crippen LogP contribution in [0.2, 0.25) is 0 Å². The summed E-state index contributed by atoms with van der Waals surface area (Å²) in [6.45, 7) is 8.64. The number of phenolic OH excluding ortho intramolecular Hbond substituents is 1. The second-order valence-electron chi connectivity index (χ2n) is 10.4. The van der Waals surface area contributed by atoms with Crippen molar-refractivity contribution < 1.29 is 29.0 Å². The Kier molecular flexibility index (Phi) is 8.55. The Balaban J connectivity index is 1.67. The first-order valence-electron chi connectivity index (χ1n) is 13.2. The first kappa shape index (κ1) is 28.1. The van der Waals surface area contributed by atoms with Crippen molar-refractivity contribution >= 4 is 23.9 Å². The Morgan fingerprint density at radius 1 is 1.13 bits per heavy atom. The van der Waals surface area contributed by atoms with Gasteiger partial charge in [0.05, 0.1) is 0 Å². The number of likely N-dealkylation sites (tertiary alicyclic amines) is 1. The number of carbonyl (C=O) groups excluding carboxylic acids is 3. The van der Waals surface area contributed by atoms with Gasteiger partial charge in [-0.2, -0.15) is 0 Å². The number of hydrogen-bond acceptors (Lipinski definition) is 7. The van der Waals surface area contributed by atoms with Crippen LogP contribution in [0.25, 0.3) is 6.08 Å². The molecule has 1 aliphatic heterocycles. The molecule has 3 atom stereocenters. The lowest BCUT2D eigenvalue weighted by Gasteiger charge is -2.59. The summed E-state index contributed by atoms with van der Waals surface area (Å²) in [4.78, 5) is 39.3. The molecule has 0 bridgehead atoms. The van der Waals surface area contributed by atoms with E-state index in [1.165, 1.54) is 19.9 Å². The SMILES string of the molecule is C=CCN1CC[C@@]2(c3cccc(OC(C)=O)c3)C[C@@H](NC(=O)C=Cc3cccc(O)c3)CC[C@]2(OC(C)=O)C1. The third kappa shape index (κ3) is 6.40. The quantitative estimate of drug-likeness (QED) is 0.228. The largest absolute Gasteiger partial charge is 0.508 e. The number of phenols is 1. The molecule has 1 amide bonds. The van der Waals surface area contributed by atoms with Gasteiger partial charge in [-0.25, -0.2) is 0 Å². The van der Waals surface area contributed by atoms with Gasteiger partial charge >= 0.3 is 11.9 Å². The Morgan fingerprint density at radius 3 is 2.64 bits per heavy atom. The van der Waals surface area contributed by atoms with E-state index >= 15 is 0 Å². The maximum absolute atomic E-state index is 12.9. The number of piperidine rings is 1. The molecule has 2 N–H and O–H groups in total. The van der Waals surface area contributed by atoms with Gasteiger partial charge in [0, 0.05) is 44.5 Å². The number of amides is 1. The van der Waals surface area contributed by atoms with E-state index in [-0.39, 0.29) is 23.7 Å². The van der Waals surface area contributed by atoms with Gasteiger partial charge in [0.1, 0.15) is 17.1 Å². The third-order valence-corrected chi connectivity index (χ3v) is 7.72. The molecule has 0 unspecified atom stereocenters. The molecule has 8 heteroatoms. The number of nitrogens with zero attached hydrogens (tertiary/aromatic N) is 1. The van der Waals surface area contributed by atoms with Crippen molar-refractivity contribution in [2.45, 2.75) is 56.6 Å². The van der Waals surface area contributed by atoms with Crippen LogP contribution in [0.1, 0.15) is 50.7 Å². The van der Waals surface area contributed by atoms with E-state index in [1.807, 2.05) is 24.3 Å². The monoisotopic (exact) mass is 532 g/mol. The first-order valence-corrected chi connectivity index (χ1v) is 13.2. The molecule has 4 rings (SSSR count). The Morgan fingerprint density at radius 2 is 1.92 bits per heavy atom. The summed E-state index contributed by atoms with van der Waals surface area (Å²) >= 11 is 0. The second kappa shape index (κ2) is 11.9. The van der Waals surface area contributed by atoms with Crippen LogP contribution in [0.5, 0.6) is 11.5 Å². The number of aromatic hydroxyl groups is 1.